The number of aliphatic hydroxyl groups is 2. The fourth-order valence-electron chi connectivity index (χ4n) is 4.37. The van der Waals surface area contributed by atoms with Gasteiger partial charge in [0.05, 0.1) is 0 Å². The van der Waals surface area contributed by atoms with Crippen LogP contribution in [0.25, 0.3) is 0 Å². The summed E-state index contributed by atoms with van der Waals surface area (Å²) < 4.78 is 69.1. The Labute approximate surface area is 369 Å². The van der Waals surface area contributed by atoms with Gasteiger partial charge in [-0.3, -0.25) is 4.79 Å². The molecule has 0 aliphatic carbocycles. The van der Waals surface area contributed by atoms with E-state index in [0.29, 0.717) is 0 Å². The zero-order chi connectivity index (χ0) is 35.3. The molecule has 2 aromatic carbocycles. The summed E-state index contributed by atoms with van der Waals surface area (Å²) in [5, 5.41) is 24.7. The largest absolute Gasteiger partial charge is 1.00 e. The third-order valence-corrected chi connectivity index (χ3v) is 6.97. The second kappa shape index (κ2) is 27.9. The zero-order valence-corrected chi connectivity index (χ0v) is 34.4. The van der Waals surface area contributed by atoms with Crippen LogP contribution in [-0.2, 0) is 37.1 Å². The van der Waals surface area contributed by atoms with Crippen LogP contribution in [0.5, 0.6) is 0 Å². The van der Waals surface area contributed by atoms with Gasteiger partial charge in [-0.05, 0) is 24.0 Å². The average molecular weight is 757 g/mol. The van der Waals surface area contributed by atoms with E-state index in [0.717, 1.165) is 18.2 Å². The molecule has 18 heteroatoms. The Kier molecular flexibility index (Phi) is 28.7. The topological polar surface area (TPSA) is 158 Å². The van der Waals surface area contributed by atoms with Gasteiger partial charge in [-0.15, -0.1) is 0 Å². The molecule has 4 rings (SSSR count). The molecule has 49 heavy (non-hydrogen) atoms. The Morgan fingerprint density at radius 2 is 1.20 bits per heavy atom. The summed E-state index contributed by atoms with van der Waals surface area (Å²) in [6, 6.07) is 18.4. The van der Waals surface area contributed by atoms with E-state index in [1.807, 2.05) is 60.7 Å². The Morgan fingerprint density at radius 1 is 0.816 bits per heavy atom. The average Bonchev–Trinajstić information content (AvgIpc) is 3.33. The van der Waals surface area contributed by atoms with Gasteiger partial charge < -0.3 is 45.8 Å². The summed E-state index contributed by atoms with van der Waals surface area (Å²) in [4.78, 5) is 37.5. The molecule has 0 aromatic heterocycles. The number of hydrogen-bond acceptors (Lipinski definition) is 10. The fraction of sp³-hybridized carbons (Fsp3) is 0.516. The van der Waals surface area contributed by atoms with Gasteiger partial charge >= 0.3 is 115 Å². The van der Waals surface area contributed by atoms with E-state index in [1.165, 1.54) is 16.9 Å². The number of carbonyl (C=O) groups excluding carboxylic acids is 3. The van der Waals surface area contributed by atoms with Crippen LogP contribution in [0.15, 0.2) is 60.7 Å². The number of rotatable bonds is 6. The maximum Gasteiger partial charge on any atom is 1.00 e. The van der Waals surface area contributed by atoms with Crippen molar-refractivity contribution >= 4 is 18.7 Å². The first kappa shape index (κ1) is 50.4. The van der Waals surface area contributed by atoms with Crippen LogP contribution < -0.4 is 108 Å². The maximum absolute atomic E-state index is 13.7. The minimum absolute atomic E-state index is 0. The molecule has 0 radical (unpaired) electrons. The number of benzene rings is 2. The minimum Gasteiger partial charge on any atom is -1.00 e. The Balaban J connectivity index is -0.000000726. The van der Waals surface area contributed by atoms with Crippen LogP contribution in [0, 0.1) is 0 Å². The van der Waals surface area contributed by atoms with Gasteiger partial charge in [0.1, 0.15) is 25.4 Å². The normalized spacial score (nSPS) is 18.9. The van der Waals surface area contributed by atoms with Crippen molar-refractivity contribution in [2.45, 2.75) is 63.0 Å². The predicted molar refractivity (Wildman–Crippen MR) is 158 cm³/mol. The molecular weight excluding hydrogens is 715 g/mol. The van der Waals surface area contributed by atoms with Gasteiger partial charge in [-0.25, -0.2) is 27.2 Å². The molecule has 2 fully saturated rings. The van der Waals surface area contributed by atoms with Crippen LogP contribution >= 0.6 is 0 Å². The van der Waals surface area contributed by atoms with Crippen LogP contribution in [0.3, 0.4) is 0 Å². The molecular formula is C31H42F4K2N2O10. The van der Waals surface area contributed by atoms with Crippen LogP contribution in [-0.4, -0.2) is 103 Å². The van der Waals surface area contributed by atoms with E-state index in [4.69, 9.17) is 29.4 Å². The van der Waals surface area contributed by atoms with Crippen molar-refractivity contribution in [2.75, 3.05) is 40.4 Å². The molecule has 2 unspecified atom stereocenters. The summed E-state index contributed by atoms with van der Waals surface area (Å²) in [7, 11) is 2.27. The van der Waals surface area contributed by atoms with Gasteiger partial charge in [0.15, 0.2) is 0 Å². The van der Waals surface area contributed by atoms with E-state index in [9.17, 15) is 32.3 Å². The molecule has 2 aliphatic heterocycles. The van der Waals surface area contributed by atoms with E-state index in [-0.39, 0.29) is 163 Å². The predicted octanol–water partition coefficient (Wildman–Crippen LogP) is -2.35. The monoisotopic (exact) mass is 756 g/mol. The quantitative estimate of drug-likeness (QED) is 0.108. The number of halogens is 4. The van der Waals surface area contributed by atoms with Crippen molar-refractivity contribution in [1.29, 1.82) is 0 Å². The van der Waals surface area contributed by atoms with Crippen molar-refractivity contribution in [2.24, 2.45) is 0 Å². The van der Waals surface area contributed by atoms with Crippen molar-refractivity contribution in [3.05, 3.63) is 71.8 Å². The maximum atomic E-state index is 13.7. The first-order chi connectivity index (χ1) is 22.4. The van der Waals surface area contributed by atoms with Crippen LogP contribution in [0.2, 0.25) is 0 Å². The number of hydrogen-bond donors (Lipinski definition) is 2. The number of alkyl halides is 4. The number of nitrogens with zero attached hydrogens (tertiary/aromatic N) is 2. The number of likely N-dealkylation sites (tertiary alicyclic amines) is 2. The molecule has 266 valence electrons. The summed E-state index contributed by atoms with van der Waals surface area (Å²) in [6.45, 7) is 0.208. The molecule has 2 aromatic rings. The molecule has 2 N–H and O–H groups in total. The van der Waals surface area contributed by atoms with Gasteiger partial charge in [0, 0.05) is 53.2 Å². The van der Waals surface area contributed by atoms with Crippen molar-refractivity contribution < 1.29 is 171 Å². The number of amides is 2. The van der Waals surface area contributed by atoms with Crippen molar-refractivity contribution in [1.82, 2.24) is 9.80 Å². The number of aliphatic hydroxyl groups excluding tert-OH is 2. The second-order valence-electron chi connectivity index (χ2n) is 10.1. The minimum atomic E-state index is -3.14. The standard InChI is InChI=1S/C15H19F2NO3.C14H17F2NO3.CH2O3.CH4O.2K.H/c1-20-13-7-9-18(10-8-15(13,16)17)14(19)21-11-12-5-3-2-4-6-12;15-14(16)7-9-17(8-6-12(14)18)13(19)20-10-11-4-2-1-3-5-11;2-1-4-3;1-2;;;/h2-6,13H,7-11H2,1H3;1-5,12,18H,6-10H2;1,3H;2H,1H3;;;/q;;;;2*+1;-1/p-1. The molecule has 2 aliphatic rings. The first-order valence-electron chi connectivity index (χ1n) is 14.5. The Bertz CT molecular complexity index is 1180. The molecule has 2 amide bonds. The van der Waals surface area contributed by atoms with Crippen molar-refractivity contribution in [3.8, 4) is 0 Å². The number of ether oxygens (including phenoxy) is 3. The Hall–Kier alpha value is -0.717. The first-order valence-corrected chi connectivity index (χ1v) is 14.5. The summed E-state index contributed by atoms with van der Waals surface area (Å²) in [5.74, 6) is -6.06. The van der Waals surface area contributed by atoms with E-state index < -0.39 is 49.1 Å². The van der Waals surface area contributed by atoms with Crippen LogP contribution in [0.1, 0.15) is 38.2 Å². The number of methoxy groups -OCH3 is 1. The molecule has 2 saturated heterocycles. The summed E-state index contributed by atoms with van der Waals surface area (Å²) in [6.07, 6.45) is -5.04. The van der Waals surface area contributed by atoms with Crippen LogP contribution in [0.4, 0.5) is 27.2 Å². The van der Waals surface area contributed by atoms with Gasteiger partial charge in [-0.2, -0.15) is 0 Å². The molecule has 2 heterocycles. The zero-order valence-electron chi connectivity index (χ0n) is 29.1. The second-order valence-corrected chi connectivity index (χ2v) is 10.1. The number of carbonyl (C=O) groups is 3. The van der Waals surface area contributed by atoms with E-state index in [2.05, 4.69) is 4.89 Å². The Morgan fingerprint density at radius 3 is 1.59 bits per heavy atom. The van der Waals surface area contributed by atoms with Gasteiger partial charge in [-0.1, -0.05) is 60.7 Å². The molecule has 0 spiro atoms. The molecule has 0 saturated carbocycles. The third-order valence-electron chi connectivity index (χ3n) is 6.97. The van der Waals surface area contributed by atoms with Crippen molar-refractivity contribution in [3.63, 3.8) is 0 Å². The molecule has 12 nitrogen and oxygen atoms in total. The summed E-state index contributed by atoms with van der Waals surface area (Å²) >= 11 is 0. The fourth-order valence-corrected chi connectivity index (χ4v) is 4.37. The SMILES string of the molecule is CO.COC1CCN(C(=O)OCc2ccccc2)CCC1(F)F.O=C(OCc1ccccc1)N1CCC(O)C(F)(F)CC1.O=CO[O-].[H-].[K+].[K+]. The van der Waals surface area contributed by atoms with E-state index >= 15 is 0 Å². The smallest absolute Gasteiger partial charge is 1.00 e. The summed E-state index contributed by atoms with van der Waals surface area (Å²) in [5.41, 5.74) is 1.70. The third kappa shape index (κ3) is 19.6. The van der Waals surface area contributed by atoms with E-state index in [1.54, 1.807) is 0 Å². The van der Waals surface area contributed by atoms with Gasteiger partial charge in [0.2, 0.25) is 0 Å². The molecule has 2 atom stereocenters. The molecule has 0 bridgehead atoms. The van der Waals surface area contributed by atoms with Gasteiger partial charge in [0.25, 0.3) is 18.3 Å².